The first-order valence-corrected chi connectivity index (χ1v) is 9.33. The van der Waals surface area contributed by atoms with Crippen LogP contribution in [0.2, 0.25) is 0 Å². The first kappa shape index (κ1) is 22.0. The van der Waals surface area contributed by atoms with Gasteiger partial charge >= 0.3 is 5.97 Å². The minimum absolute atomic E-state index is 0.0744. The quantitative estimate of drug-likeness (QED) is 0.231. The van der Waals surface area contributed by atoms with Gasteiger partial charge in [0.25, 0.3) is 0 Å². The van der Waals surface area contributed by atoms with Crippen LogP contribution in [-0.2, 0) is 14.3 Å². The predicted octanol–water partition coefficient (Wildman–Crippen LogP) is 0.847. The zero-order chi connectivity index (χ0) is 18.9. The van der Waals surface area contributed by atoms with E-state index in [-0.39, 0.29) is 6.42 Å². The molecule has 1 heterocycles. The van der Waals surface area contributed by atoms with Gasteiger partial charge in [-0.15, -0.1) is 0 Å². The van der Waals surface area contributed by atoms with Crippen molar-refractivity contribution in [2.24, 2.45) is 0 Å². The van der Waals surface area contributed by atoms with E-state index >= 15 is 0 Å². The zero-order valence-electron chi connectivity index (χ0n) is 15.0. The van der Waals surface area contributed by atoms with Crippen molar-refractivity contribution in [1.29, 1.82) is 0 Å². The molecule has 4 atom stereocenters. The molecule has 1 aliphatic heterocycles. The van der Waals surface area contributed by atoms with Crippen molar-refractivity contribution in [3.8, 4) is 0 Å². The maximum atomic E-state index is 12.2. The van der Waals surface area contributed by atoms with Gasteiger partial charge in [-0.25, -0.2) is 4.79 Å². The molecule has 7 nitrogen and oxygen atoms in total. The maximum Gasteiger partial charge on any atom is 0.349 e. The van der Waals surface area contributed by atoms with Crippen LogP contribution in [0.1, 0.15) is 71.1 Å². The van der Waals surface area contributed by atoms with Crippen molar-refractivity contribution in [1.82, 2.24) is 0 Å². The van der Waals surface area contributed by atoms with Crippen molar-refractivity contribution in [3.05, 3.63) is 0 Å². The molecule has 0 spiro atoms. The lowest BCUT2D eigenvalue weighted by atomic mass is 9.82. The fourth-order valence-corrected chi connectivity index (χ4v) is 3.08. The molecule has 0 saturated carbocycles. The van der Waals surface area contributed by atoms with Crippen molar-refractivity contribution >= 4 is 11.8 Å². The number of Topliss-reactive ketones (excluding diaryl/α,β-unsaturated/α-hetero) is 1. The monoisotopic (exact) mass is 360 g/mol. The summed E-state index contributed by atoms with van der Waals surface area (Å²) in [4.78, 5) is 24.1. The summed E-state index contributed by atoms with van der Waals surface area (Å²) in [6, 6.07) is 0. The first-order chi connectivity index (χ1) is 11.9. The number of unbranched alkanes of at least 4 members (excludes halogenated alkanes) is 8. The summed E-state index contributed by atoms with van der Waals surface area (Å²) in [7, 11) is 0. The number of ether oxygens (including phenoxy) is 1. The summed E-state index contributed by atoms with van der Waals surface area (Å²) >= 11 is 0. The van der Waals surface area contributed by atoms with Gasteiger partial charge in [-0.3, -0.25) is 4.79 Å². The van der Waals surface area contributed by atoms with Crippen LogP contribution in [0.4, 0.5) is 0 Å². The van der Waals surface area contributed by atoms with Gasteiger partial charge in [-0.1, -0.05) is 58.3 Å². The SMILES string of the molecule is CCCCCCCCCCCC(=O)[C@]1(O)C(=O)O[C@H](CO)[C@@H](O)[C@@H]1O. The number of rotatable bonds is 12. The zero-order valence-corrected chi connectivity index (χ0v) is 15.0. The van der Waals surface area contributed by atoms with E-state index in [0.29, 0.717) is 6.42 Å². The lowest BCUT2D eigenvalue weighted by molar-refractivity contribution is -0.229. The summed E-state index contributed by atoms with van der Waals surface area (Å²) in [5.41, 5.74) is -2.76. The lowest BCUT2D eigenvalue weighted by Gasteiger charge is -2.40. The fourth-order valence-electron chi connectivity index (χ4n) is 3.08. The van der Waals surface area contributed by atoms with Gasteiger partial charge in [0.1, 0.15) is 12.2 Å². The number of cyclic esters (lactones) is 1. The van der Waals surface area contributed by atoms with Gasteiger partial charge in [0.15, 0.2) is 11.9 Å². The summed E-state index contributed by atoms with van der Waals surface area (Å²) in [6.45, 7) is 1.47. The Labute approximate surface area is 149 Å². The van der Waals surface area contributed by atoms with Crippen LogP contribution >= 0.6 is 0 Å². The van der Waals surface area contributed by atoms with Crippen molar-refractivity contribution in [3.63, 3.8) is 0 Å². The summed E-state index contributed by atoms with van der Waals surface area (Å²) < 4.78 is 4.68. The molecule has 1 saturated heterocycles. The molecule has 0 bridgehead atoms. The Morgan fingerprint density at radius 1 is 1.04 bits per heavy atom. The molecule has 1 rings (SSSR count). The van der Waals surface area contributed by atoms with Crippen molar-refractivity contribution < 1.29 is 34.8 Å². The number of aliphatic hydroxyl groups excluding tert-OH is 3. The standard InChI is InChI=1S/C18H32O7/c1-2-3-4-5-6-7-8-9-10-11-14(20)18(24)16(22)15(21)13(12-19)25-17(18)23/h13,15-16,19,21-22,24H,2-12H2,1H3/t13-,15-,16+,18-/m1/s1. The van der Waals surface area contributed by atoms with E-state index in [9.17, 15) is 24.9 Å². The van der Waals surface area contributed by atoms with E-state index in [2.05, 4.69) is 11.7 Å². The molecule has 0 amide bonds. The third kappa shape index (κ3) is 5.74. The molecule has 0 aromatic heterocycles. The Morgan fingerprint density at radius 3 is 2.08 bits per heavy atom. The van der Waals surface area contributed by atoms with Gasteiger partial charge in [-0.05, 0) is 6.42 Å². The average Bonchev–Trinajstić information content (AvgIpc) is 2.61. The number of carbonyl (C=O) groups excluding carboxylic acids is 2. The molecule has 0 aromatic carbocycles. The highest BCUT2D eigenvalue weighted by molar-refractivity contribution is 6.08. The van der Waals surface area contributed by atoms with Crippen LogP contribution in [0.3, 0.4) is 0 Å². The fraction of sp³-hybridized carbons (Fsp3) is 0.889. The van der Waals surface area contributed by atoms with Gasteiger partial charge in [0, 0.05) is 6.42 Å². The van der Waals surface area contributed by atoms with E-state index < -0.39 is 42.3 Å². The number of hydrogen-bond acceptors (Lipinski definition) is 7. The topological polar surface area (TPSA) is 124 Å². The Kier molecular flexibility index (Phi) is 9.56. The molecule has 0 unspecified atom stereocenters. The maximum absolute atomic E-state index is 12.2. The molecule has 25 heavy (non-hydrogen) atoms. The van der Waals surface area contributed by atoms with Crippen molar-refractivity contribution in [2.45, 2.75) is 95.0 Å². The third-order valence-corrected chi connectivity index (χ3v) is 4.81. The number of ketones is 1. The van der Waals surface area contributed by atoms with Crippen LogP contribution in [0.25, 0.3) is 0 Å². The van der Waals surface area contributed by atoms with E-state index in [0.717, 1.165) is 25.7 Å². The van der Waals surface area contributed by atoms with Crippen molar-refractivity contribution in [2.75, 3.05) is 6.61 Å². The Balaban J connectivity index is 2.34. The number of carbonyl (C=O) groups is 2. The van der Waals surface area contributed by atoms with Gasteiger partial charge in [0.2, 0.25) is 5.60 Å². The van der Waals surface area contributed by atoms with Crippen LogP contribution in [-0.4, -0.2) is 62.7 Å². The third-order valence-electron chi connectivity index (χ3n) is 4.81. The van der Waals surface area contributed by atoms with E-state index in [1.807, 2.05) is 0 Å². The van der Waals surface area contributed by atoms with Crippen LogP contribution in [0.5, 0.6) is 0 Å². The molecule has 1 aliphatic rings. The average molecular weight is 360 g/mol. The van der Waals surface area contributed by atoms with E-state index in [1.165, 1.54) is 25.7 Å². The number of hydrogen-bond donors (Lipinski definition) is 4. The number of esters is 1. The highest BCUT2D eigenvalue weighted by Crippen LogP contribution is 2.28. The number of aliphatic hydroxyl groups is 4. The molecule has 0 radical (unpaired) electrons. The Morgan fingerprint density at radius 2 is 1.56 bits per heavy atom. The molecule has 4 N–H and O–H groups in total. The van der Waals surface area contributed by atoms with Crippen LogP contribution < -0.4 is 0 Å². The van der Waals surface area contributed by atoms with E-state index in [4.69, 9.17) is 5.11 Å². The summed E-state index contributed by atoms with van der Waals surface area (Å²) in [5.74, 6) is -2.17. The molecule has 146 valence electrons. The minimum atomic E-state index is -2.76. The summed E-state index contributed by atoms with van der Waals surface area (Å²) in [6.07, 6.45) is 4.32. The molecule has 1 fully saturated rings. The Hall–Kier alpha value is -1.02. The first-order valence-electron chi connectivity index (χ1n) is 9.33. The summed E-state index contributed by atoms with van der Waals surface area (Å²) in [5, 5.41) is 39.0. The second-order valence-electron chi connectivity index (χ2n) is 6.83. The molecule has 7 heteroatoms. The van der Waals surface area contributed by atoms with Gasteiger partial charge in [-0.2, -0.15) is 0 Å². The molecular weight excluding hydrogens is 328 g/mol. The normalized spacial score (nSPS) is 29.5. The largest absolute Gasteiger partial charge is 0.454 e. The highest BCUT2D eigenvalue weighted by atomic mass is 16.6. The predicted molar refractivity (Wildman–Crippen MR) is 90.8 cm³/mol. The second kappa shape index (κ2) is 10.9. The van der Waals surface area contributed by atoms with E-state index in [1.54, 1.807) is 0 Å². The van der Waals surface area contributed by atoms with Crippen LogP contribution in [0, 0.1) is 0 Å². The molecular formula is C18H32O7. The van der Waals surface area contributed by atoms with Crippen LogP contribution in [0.15, 0.2) is 0 Å². The Bertz CT molecular complexity index is 426. The molecule has 0 aromatic rings. The highest BCUT2D eigenvalue weighted by Gasteiger charge is 2.59. The second-order valence-corrected chi connectivity index (χ2v) is 6.83. The minimum Gasteiger partial charge on any atom is -0.454 e. The smallest absolute Gasteiger partial charge is 0.349 e. The van der Waals surface area contributed by atoms with Gasteiger partial charge < -0.3 is 25.2 Å². The van der Waals surface area contributed by atoms with Gasteiger partial charge in [0.05, 0.1) is 6.61 Å². The molecule has 0 aliphatic carbocycles. The lowest BCUT2D eigenvalue weighted by Crippen LogP contribution is -2.68.